The molecule has 5 rings (SSSR count). The number of piperidine rings is 1. The smallest absolute Gasteiger partial charge is 0.257 e. The number of Topliss-reactive ketones (excluding diaryl/α,β-unsaturated/α-hetero) is 1. The summed E-state index contributed by atoms with van der Waals surface area (Å²) >= 11 is 0. The van der Waals surface area contributed by atoms with Crippen molar-refractivity contribution in [2.24, 2.45) is 5.92 Å². The number of hydrogen-bond donors (Lipinski definition) is 0. The van der Waals surface area contributed by atoms with Crippen LogP contribution in [0.2, 0.25) is 0 Å². The van der Waals surface area contributed by atoms with E-state index in [4.69, 9.17) is 9.84 Å². The lowest BCUT2D eigenvalue weighted by molar-refractivity contribution is 0.0651. The van der Waals surface area contributed by atoms with Crippen molar-refractivity contribution in [2.75, 3.05) is 20.2 Å². The first-order chi connectivity index (χ1) is 17.1. The number of carbonyl (C=O) groups is 2. The minimum Gasteiger partial charge on any atom is -0.497 e. The Bertz CT molecular complexity index is 1310. The maximum Gasteiger partial charge on any atom is 0.257 e. The van der Waals surface area contributed by atoms with E-state index in [2.05, 4.69) is 0 Å². The first-order valence-corrected chi connectivity index (χ1v) is 11.8. The molecule has 1 aromatic heterocycles. The van der Waals surface area contributed by atoms with E-state index in [1.165, 1.54) is 0 Å². The standard InChI is InChI=1S/C29H27N3O3/c1-35-25-14-12-21(13-15-25)27-26(20-32(30-27)24-10-6-3-7-11-24)29(34)31-18-16-23(17-19-31)28(33)22-8-4-2-5-9-22/h2-15,20,23H,16-19H2,1H3. The molecule has 176 valence electrons. The van der Waals surface area contributed by atoms with Gasteiger partial charge in [0.25, 0.3) is 5.91 Å². The SMILES string of the molecule is COc1ccc(-c2nn(-c3ccccc3)cc2C(=O)N2CCC(C(=O)c3ccccc3)CC2)cc1. The Balaban J connectivity index is 1.39. The molecule has 1 aliphatic rings. The van der Waals surface area contributed by atoms with E-state index in [0.717, 1.165) is 22.6 Å². The Labute approximate surface area is 204 Å². The van der Waals surface area contributed by atoms with Gasteiger partial charge in [-0.1, -0.05) is 48.5 Å². The number of carbonyl (C=O) groups excluding carboxylic acids is 2. The van der Waals surface area contributed by atoms with E-state index in [1.807, 2.05) is 89.8 Å². The second-order valence-electron chi connectivity index (χ2n) is 8.70. The average molecular weight is 466 g/mol. The molecule has 3 aromatic carbocycles. The van der Waals surface area contributed by atoms with E-state index in [-0.39, 0.29) is 17.6 Å². The molecule has 6 heteroatoms. The van der Waals surface area contributed by atoms with Crippen LogP contribution in [0.25, 0.3) is 16.9 Å². The third-order valence-corrected chi connectivity index (χ3v) is 6.54. The predicted octanol–water partition coefficient (Wildman–Crippen LogP) is 5.28. The maximum absolute atomic E-state index is 13.7. The van der Waals surface area contributed by atoms with Crippen LogP contribution in [0.5, 0.6) is 5.75 Å². The Morgan fingerprint density at radius 1 is 0.857 bits per heavy atom. The first-order valence-electron chi connectivity index (χ1n) is 11.8. The van der Waals surface area contributed by atoms with Gasteiger partial charge in [-0.15, -0.1) is 0 Å². The number of rotatable bonds is 6. The van der Waals surface area contributed by atoms with Crippen LogP contribution in [0.15, 0.2) is 91.1 Å². The van der Waals surface area contributed by atoms with Gasteiger partial charge in [-0.2, -0.15) is 5.10 Å². The lowest BCUT2D eigenvalue weighted by atomic mass is 9.88. The van der Waals surface area contributed by atoms with Crippen LogP contribution in [-0.4, -0.2) is 46.6 Å². The molecule has 1 fully saturated rings. The zero-order chi connectivity index (χ0) is 24.2. The van der Waals surface area contributed by atoms with E-state index in [9.17, 15) is 9.59 Å². The second kappa shape index (κ2) is 9.97. The van der Waals surface area contributed by atoms with Crippen LogP contribution >= 0.6 is 0 Å². The third kappa shape index (κ3) is 4.73. The third-order valence-electron chi connectivity index (χ3n) is 6.54. The second-order valence-corrected chi connectivity index (χ2v) is 8.70. The summed E-state index contributed by atoms with van der Waals surface area (Å²) in [6, 6.07) is 26.7. The summed E-state index contributed by atoms with van der Waals surface area (Å²) in [5.41, 5.74) is 3.64. The monoisotopic (exact) mass is 465 g/mol. The highest BCUT2D eigenvalue weighted by Crippen LogP contribution is 2.29. The van der Waals surface area contributed by atoms with E-state index in [1.54, 1.807) is 18.0 Å². The molecule has 0 atom stereocenters. The minimum atomic E-state index is -0.0661. The fourth-order valence-corrected chi connectivity index (χ4v) is 4.56. The number of likely N-dealkylation sites (tertiary alicyclic amines) is 1. The molecule has 0 N–H and O–H groups in total. The summed E-state index contributed by atoms with van der Waals surface area (Å²) in [6.45, 7) is 1.08. The van der Waals surface area contributed by atoms with Gasteiger partial charge in [-0.3, -0.25) is 9.59 Å². The molecule has 2 heterocycles. The molecule has 0 saturated carbocycles. The van der Waals surface area contributed by atoms with Gasteiger partial charge in [0.05, 0.1) is 18.4 Å². The number of ketones is 1. The normalized spacial score (nSPS) is 14.0. The van der Waals surface area contributed by atoms with Crippen molar-refractivity contribution < 1.29 is 14.3 Å². The largest absolute Gasteiger partial charge is 0.497 e. The highest BCUT2D eigenvalue weighted by Gasteiger charge is 2.30. The molecule has 0 radical (unpaired) electrons. The lowest BCUT2D eigenvalue weighted by Crippen LogP contribution is -2.40. The van der Waals surface area contributed by atoms with Crippen molar-refractivity contribution in [1.82, 2.24) is 14.7 Å². The van der Waals surface area contributed by atoms with Crippen LogP contribution < -0.4 is 4.74 Å². The number of nitrogens with zero attached hydrogens (tertiary/aromatic N) is 3. The van der Waals surface area contributed by atoms with Crippen LogP contribution in [0.3, 0.4) is 0 Å². The fraction of sp³-hybridized carbons (Fsp3) is 0.207. The van der Waals surface area contributed by atoms with Crippen LogP contribution in [0, 0.1) is 5.92 Å². The van der Waals surface area contributed by atoms with E-state index < -0.39 is 0 Å². The van der Waals surface area contributed by atoms with E-state index >= 15 is 0 Å². The van der Waals surface area contributed by atoms with Gasteiger partial charge < -0.3 is 9.64 Å². The summed E-state index contributed by atoms with van der Waals surface area (Å²) in [5.74, 6) is 0.779. The van der Waals surface area contributed by atoms with Crippen molar-refractivity contribution in [3.8, 4) is 22.7 Å². The Morgan fingerprint density at radius 3 is 2.11 bits per heavy atom. The zero-order valence-electron chi connectivity index (χ0n) is 19.6. The van der Waals surface area contributed by atoms with Crippen molar-refractivity contribution in [3.63, 3.8) is 0 Å². The fourth-order valence-electron chi connectivity index (χ4n) is 4.56. The van der Waals surface area contributed by atoms with Crippen LogP contribution in [0.1, 0.15) is 33.6 Å². The number of hydrogen-bond acceptors (Lipinski definition) is 4. The molecule has 6 nitrogen and oxygen atoms in total. The summed E-state index contributed by atoms with van der Waals surface area (Å²) in [4.78, 5) is 28.4. The van der Waals surface area contributed by atoms with Gasteiger partial charge in [0.2, 0.25) is 0 Å². The minimum absolute atomic E-state index is 0.0606. The van der Waals surface area contributed by atoms with Gasteiger partial charge in [0.15, 0.2) is 5.78 Å². The number of ether oxygens (including phenoxy) is 1. The maximum atomic E-state index is 13.7. The molecule has 4 aromatic rings. The summed E-state index contributed by atoms with van der Waals surface area (Å²) in [6.07, 6.45) is 3.12. The number of para-hydroxylation sites is 1. The highest BCUT2D eigenvalue weighted by molar-refractivity contribution is 6.01. The lowest BCUT2D eigenvalue weighted by Gasteiger charge is -2.31. The van der Waals surface area contributed by atoms with Crippen LogP contribution in [-0.2, 0) is 0 Å². The van der Waals surface area contributed by atoms with E-state index in [0.29, 0.717) is 37.2 Å². The number of aromatic nitrogens is 2. The number of amides is 1. The van der Waals surface area contributed by atoms with Crippen molar-refractivity contribution >= 4 is 11.7 Å². The average Bonchev–Trinajstić information content (AvgIpc) is 3.39. The Hall–Kier alpha value is -4.19. The molecule has 0 unspecified atom stereocenters. The van der Waals surface area contributed by atoms with Crippen LogP contribution in [0.4, 0.5) is 0 Å². The Morgan fingerprint density at radius 2 is 1.49 bits per heavy atom. The van der Waals surface area contributed by atoms with Gasteiger partial charge in [-0.25, -0.2) is 4.68 Å². The van der Waals surface area contributed by atoms with Gasteiger partial charge in [0, 0.05) is 36.3 Å². The molecular weight excluding hydrogens is 438 g/mol. The topological polar surface area (TPSA) is 64.4 Å². The molecular formula is C29H27N3O3. The first kappa shape index (κ1) is 22.6. The predicted molar refractivity (Wildman–Crippen MR) is 135 cm³/mol. The molecule has 0 spiro atoms. The molecule has 1 aliphatic heterocycles. The summed E-state index contributed by atoms with van der Waals surface area (Å²) in [7, 11) is 1.63. The number of benzene rings is 3. The molecule has 0 aliphatic carbocycles. The molecule has 0 bridgehead atoms. The Kier molecular flexibility index (Phi) is 6.44. The van der Waals surface area contributed by atoms with Crippen molar-refractivity contribution in [3.05, 3.63) is 102 Å². The number of methoxy groups -OCH3 is 1. The molecule has 35 heavy (non-hydrogen) atoms. The summed E-state index contributed by atoms with van der Waals surface area (Å²) in [5, 5.41) is 4.78. The zero-order valence-corrected chi connectivity index (χ0v) is 19.6. The highest BCUT2D eigenvalue weighted by atomic mass is 16.5. The van der Waals surface area contributed by atoms with Gasteiger partial charge in [-0.05, 0) is 49.2 Å². The molecule has 1 amide bonds. The van der Waals surface area contributed by atoms with Gasteiger partial charge in [0.1, 0.15) is 11.4 Å². The van der Waals surface area contributed by atoms with Crippen molar-refractivity contribution in [2.45, 2.75) is 12.8 Å². The molecule has 1 saturated heterocycles. The quantitative estimate of drug-likeness (QED) is 0.363. The van der Waals surface area contributed by atoms with Crippen molar-refractivity contribution in [1.29, 1.82) is 0 Å². The van der Waals surface area contributed by atoms with Gasteiger partial charge >= 0.3 is 0 Å². The summed E-state index contributed by atoms with van der Waals surface area (Å²) < 4.78 is 7.03.